The molecule has 0 saturated carbocycles. The third kappa shape index (κ3) is 3.22. The number of halogens is 2. The normalized spacial score (nSPS) is 12.0. The molecule has 9 heteroatoms. The zero-order chi connectivity index (χ0) is 17.5. The van der Waals surface area contributed by atoms with Gasteiger partial charge in [0.05, 0.1) is 10.6 Å². The minimum Gasteiger partial charge on any atom is -0.434 e. The van der Waals surface area contributed by atoms with E-state index in [0.29, 0.717) is 16.9 Å². The monoisotopic (exact) mass is 353 g/mol. The number of hydrogen-bond donors (Lipinski definition) is 1. The van der Waals surface area contributed by atoms with Crippen LogP contribution in [0, 0.1) is 6.92 Å². The van der Waals surface area contributed by atoms with Crippen LogP contribution in [0.25, 0.3) is 16.9 Å². The molecule has 0 fully saturated rings. The summed E-state index contributed by atoms with van der Waals surface area (Å²) < 4.78 is 54.0. The van der Waals surface area contributed by atoms with E-state index in [9.17, 15) is 17.2 Å². The van der Waals surface area contributed by atoms with E-state index in [4.69, 9.17) is 5.14 Å². The van der Waals surface area contributed by atoms with Crippen LogP contribution < -0.4 is 9.88 Å². The Morgan fingerprint density at radius 1 is 1.21 bits per heavy atom. The largest absolute Gasteiger partial charge is 0.434 e. The summed E-state index contributed by atoms with van der Waals surface area (Å²) in [5.41, 5.74) is 2.05. The molecule has 0 radical (unpaired) electrons. The van der Waals surface area contributed by atoms with Gasteiger partial charge in [0.2, 0.25) is 10.0 Å². The second kappa shape index (κ2) is 5.84. The molecule has 2 N–H and O–H groups in total. The average molecular weight is 353 g/mol. The molecule has 3 rings (SSSR count). The Kier molecular flexibility index (Phi) is 3.98. The van der Waals surface area contributed by atoms with Gasteiger partial charge >= 0.3 is 6.61 Å². The molecule has 0 aliphatic carbocycles. The molecule has 0 aliphatic heterocycles. The highest BCUT2D eigenvalue weighted by atomic mass is 32.2. The van der Waals surface area contributed by atoms with Crippen LogP contribution in [-0.4, -0.2) is 24.4 Å². The van der Waals surface area contributed by atoms with Crippen LogP contribution in [0.1, 0.15) is 5.56 Å². The lowest BCUT2D eigenvalue weighted by Gasteiger charge is -2.09. The Morgan fingerprint density at radius 3 is 2.62 bits per heavy atom. The maximum Gasteiger partial charge on any atom is 0.387 e. The van der Waals surface area contributed by atoms with Crippen molar-refractivity contribution in [2.45, 2.75) is 18.4 Å². The molecule has 0 bridgehead atoms. The second-order valence-electron chi connectivity index (χ2n) is 5.18. The molecule has 3 aromatic rings. The number of hydrogen-bond acceptors (Lipinski definition) is 4. The molecular weight excluding hydrogens is 340 g/mol. The number of primary sulfonamides is 1. The van der Waals surface area contributed by atoms with Crippen molar-refractivity contribution < 1.29 is 21.9 Å². The van der Waals surface area contributed by atoms with Crippen LogP contribution in [0.15, 0.2) is 47.6 Å². The quantitative estimate of drug-likeness (QED) is 0.781. The first kappa shape index (κ1) is 16.3. The Balaban J connectivity index is 2.15. The van der Waals surface area contributed by atoms with E-state index in [-0.39, 0.29) is 10.6 Å². The summed E-state index contributed by atoms with van der Waals surface area (Å²) >= 11 is 0. The van der Waals surface area contributed by atoms with Crippen LogP contribution in [0.4, 0.5) is 8.78 Å². The van der Waals surface area contributed by atoms with Crippen LogP contribution >= 0.6 is 0 Å². The van der Waals surface area contributed by atoms with Gasteiger partial charge in [-0.15, -0.1) is 0 Å². The van der Waals surface area contributed by atoms with Crippen molar-refractivity contribution in [1.82, 2.24) is 9.38 Å². The van der Waals surface area contributed by atoms with E-state index in [1.165, 1.54) is 35.0 Å². The number of imidazole rings is 1. The lowest BCUT2D eigenvalue weighted by atomic mass is 10.1. The van der Waals surface area contributed by atoms with Gasteiger partial charge in [-0.05, 0) is 31.2 Å². The summed E-state index contributed by atoms with van der Waals surface area (Å²) in [6.45, 7) is -1.15. The van der Waals surface area contributed by atoms with E-state index in [1.807, 2.05) is 6.92 Å². The molecule has 126 valence electrons. The number of rotatable bonds is 4. The molecule has 0 atom stereocenters. The first-order valence-electron chi connectivity index (χ1n) is 6.81. The van der Waals surface area contributed by atoms with Crippen molar-refractivity contribution in [3.05, 3.63) is 48.3 Å². The van der Waals surface area contributed by atoms with E-state index in [2.05, 4.69) is 9.72 Å². The highest BCUT2D eigenvalue weighted by Gasteiger charge is 2.15. The predicted octanol–water partition coefficient (Wildman–Crippen LogP) is 2.56. The van der Waals surface area contributed by atoms with E-state index < -0.39 is 16.6 Å². The van der Waals surface area contributed by atoms with Crippen LogP contribution in [0.2, 0.25) is 0 Å². The smallest absolute Gasteiger partial charge is 0.387 e. The topological polar surface area (TPSA) is 86.7 Å². The SMILES string of the molecule is Cc1ccc(OC(F)F)c(-c2cn3cc(S(N)(=O)=O)ccc3n2)c1. The number of nitrogens with two attached hydrogens (primary N) is 1. The van der Waals surface area contributed by atoms with Gasteiger partial charge in [-0.2, -0.15) is 8.78 Å². The van der Waals surface area contributed by atoms with Gasteiger partial charge in [-0.3, -0.25) is 0 Å². The lowest BCUT2D eigenvalue weighted by molar-refractivity contribution is -0.0494. The first-order chi connectivity index (χ1) is 11.2. The van der Waals surface area contributed by atoms with Gasteiger partial charge in [-0.1, -0.05) is 11.6 Å². The molecule has 0 saturated heterocycles. The maximum atomic E-state index is 12.6. The maximum absolute atomic E-state index is 12.6. The average Bonchev–Trinajstić information content (AvgIpc) is 2.90. The summed E-state index contributed by atoms with van der Waals surface area (Å²) in [5, 5.41) is 5.10. The van der Waals surface area contributed by atoms with Gasteiger partial charge in [0, 0.05) is 18.0 Å². The van der Waals surface area contributed by atoms with Gasteiger partial charge in [0.15, 0.2) is 0 Å². The molecule has 1 aromatic carbocycles. The van der Waals surface area contributed by atoms with Crippen molar-refractivity contribution in [2.75, 3.05) is 0 Å². The molecule has 0 aliphatic rings. The Hall–Kier alpha value is -2.52. The molecule has 0 amide bonds. The van der Waals surface area contributed by atoms with E-state index in [1.54, 1.807) is 12.1 Å². The van der Waals surface area contributed by atoms with Crippen molar-refractivity contribution >= 4 is 15.7 Å². The summed E-state index contributed by atoms with van der Waals surface area (Å²) in [5.74, 6) is -0.00863. The number of pyridine rings is 1. The van der Waals surface area contributed by atoms with Crippen molar-refractivity contribution in [3.8, 4) is 17.0 Å². The highest BCUT2D eigenvalue weighted by molar-refractivity contribution is 7.89. The fourth-order valence-corrected chi connectivity index (χ4v) is 2.83. The van der Waals surface area contributed by atoms with Crippen molar-refractivity contribution in [1.29, 1.82) is 0 Å². The van der Waals surface area contributed by atoms with Gasteiger partial charge < -0.3 is 9.14 Å². The Labute approximate surface area is 136 Å². The third-order valence-electron chi connectivity index (χ3n) is 3.38. The van der Waals surface area contributed by atoms with Crippen LogP contribution in [-0.2, 0) is 10.0 Å². The number of aromatic nitrogens is 2. The first-order valence-corrected chi connectivity index (χ1v) is 8.36. The number of sulfonamides is 1. The third-order valence-corrected chi connectivity index (χ3v) is 4.28. The fraction of sp³-hybridized carbons (Fsp3) is 0.133. The number of ether oxygens (including phenoxy) is 1. The summed E-state index contributed by atoms with van der Waals surface area (Å²) in [6, 6.07) is 7.56. The van der Waals surface area contributed by atoms with Gasteiger partial charge in [0.1, 0.15) is 11.4 Å². The Morgan fingerprint density at radius 2 is 1.96 bits per heavy atom. The number of aryl methyl sites for hydroxylation is 1. The van der Waals surface area contributed by atoms with Gasteiger partial charge in [-0.25, -0.2) is 18.5 Å². The lowest BCUT2D eigenvalue weighted by Crippen LogP contribution is -2.12. The number of alkyl halides is 2. The standard InChI is InChI=1S/C15H13F2N3O3S/c1-9-2-4-13(23-15(16)17)11(6-9)12-8-20-7-10(24(18,21)22)3-5-14(20)19-12/h2-8,15H,1H3,(H2,18,21,22). The van der Waals surface area contributed by atoms with Crippen LogP contribution in [0.5, 0.6) is 5.75 Å². The van der Waals surface area contributed by atoms with E-state index >= 15 is 0 Å². The van der Waals surface area contributed by atoms with Crippen molar-refractivity contribution in [3.63, 3.8) is 0 Å². The molecule has 2 aromatic heterocycles. The predicted molar refractivity (Wildman–Crippen MR) is 83.4 cm³/mol. The van der Waals surface area contributed by atoms with E-state index in [0.717, 1.165) is 5.56 Å². The zero-order valence-corrected chi connectivity index (χ0v) is 13.3. The zero-order valence-electron chi connectivity index (χ0n) is 12.5. The van der Waals surface area contributed by atoms with Crippen LogP contribution in [0.3, 0.4) is 0 Å². The molecule has 2 heterocycles. The fourth-order valence-electron chi connectivity index (χ4n) is 2.31. The number of fused-ring (bicyclic) bond motifs is 1. The molecule has 0 spiro atoms. The minimum absolute atomic E-state index is 0.00863. The van der Waals surface area contributed by atoms with Gasteiger partial charge in [0.25, 0.3) is 0 Å². The molecule has 0 unspecified atom stereocenters. The highest BCUT2D eigenvalue weighted by Crippen LogP contribution is 2.31. The minimum atomic E-state index is -3.85. The summed E-state index contributed by atoms with van der Waals surface area (Å²) in [4.78, 5) is 4.24. The van der Waals surface area contributed by atoms with Crippen molar-refractivity contribution in [2.24, 2.45) is 5.14 Å². The summed E-state index contributed by atoms with van der Waals surface area (Å²) in [6.07, 6.45) is 2.84. The molecular formula is C15H13F2N3O3S. The number of benzene rings is 1. The Bertz CT molecular complexity index is 1020. The second-order valence-corrected chi connectivity index (χ2v) is 6.74. The number of nitrogens with zero attached hydrogens (tertiary/aromatic N) is 2. The summed E-state index contributed by atoms with van der Waals surface area (Å²) in [7, 11) is -3.85. The molecule has 24 heavy (non-hydrogen) atoms. The molecule has 6 nitrogen and oxygen atoms in total.